The van der Waals surface area contributed by atoms with Crippen molar-refractivity contribution in [2.45, 2.75) is 75.3 Å². The van der Waals surface area contributed by atoms with Gasteiger partial charge in [0, 0.05) is 43.0 Å². The van der Waals surface area contributed by atoms with E-state index in [-0.39, 0.29) is 41.8 Å². The quantitative estimate of drug-likeness (QED) is 0.339. The number of aromatic hydroxyl groups is 1. The maximum atomic E-state index is 15.1. The molecule has 5 aliphatic rings. The van der Waals surface area contributed by atoms with E-state index in [0.717, 1.165) is 32.2 Å². The summed E-state index contributed by atoms with van der Waals surface area (Å²) in [6.45, 7) is 4.40. The second-order valence-corrected chi connectivity index (χ2v) is 13.6. The summed E-state index contributed by atoms with van der Waals surface area (Å²) in [6, 6.07) is 6.58. The molecular weight excluding hydrogens is 594 g/mol. The van der Waals surface area contributed by atoms with Gasteiger partial charge in [-0.15, -0.1) is 0 Å². The van der Waals surface area contributed by atoms with Crippen LogP contribution >= 0.6 is 0 Å². The molecule has 0 unspecified atom stereocenters. The number of nitrogens with zero attached hydrogens (tertiary/aromatic N) is 5. The maximum Gasteiger partial charge on any atom is 0.319 e. The van der Waals surface area contributed by atoms with E-state index in [2.05, 4.69) is 15.1 Å². The van der Waals surface area contributed by atoms with Crippen molar-refractivity contribution >= 4 is 27.5 Å². The largest absolute Gasteiger partial charge is 0.508 e. The van der Waals surface area contributed by atoms with Crippen LogP contribution in [0.15, 0.2) is 35.3 Å². The molecule has 5 aliphatic heterocycles. The first-order valence-electron chi connectivity index (χ1n) is 16.4. The first-order valence-corrected chi connectivity index (χ1v) is 16.4. The van der Waals surface area contributed by atoms with Crippen molar-refractivity contribution in [2.24, 2.45) is 0 Å². The average molecular weight is 631 g/mol. The van der Waals surface area contributed by atoms with Gasteiger partial charge in [0.2, 0.25) is 0 Å². The molecule has 7 heterocycles. The molecule has 0 amide bonds. The summed E-state index contributed by atoms with van der Waals surface area (Å²) in [5.41, 5.74) is 0.0285. The molecule has 4 fully saturated rings. The fraction of sp³-hybridized carbons (Fsp3) is 0.500. The lowest BCUT2D eigenvalue weighted by Gasteiger charge is -2.40. The monoisotopic (exact) mass is 630 g/mol. The highest BCUT2D eigenvalue weighted by molar-refractivity contribution is 5.98. The molecule has 2 aromatic carbocycles. The van der Waals surface area contributed by atoms with Crippen LogP contribution in [0.3, 0.4) is 0 Å². The summed E-state index contributed by atoms with van der Waals surface area (Å²) < 4.78 is 43.9. The molecule has 10 nitrogen and oxygen atoms in total. The van der Waals surface area contributed by atoms with E-state index in [9.17, 15) is 14.3 Å². The number of piperazine rings is 1. The Labute approximate surface area is 263 Å². The van der Waals surface area contributed by atoms with Gasteiger partial charge in [0.05, 0.1) is 28.9 Å². The van der Waals surface area contributed by atoms with E-state index in [0.29, 0.717) is 77.6 Å². The van der Waals surface area contributed by atoms with Crippen molar-refractivity contribution in [1.82, 2.24) is 24.8 Å². The van der Waals surface area contributed by atoms with E-state index in [1.54, 1.807) is 18.3 Å². The van der Waals surface area contributed by atoms with Crippen LogP contribution < -0.4 is 25.2 Å². The normalized spacial score (nSPS) is 28.4. The smallest absolute Gasteiger partial charge is 0.319 e. The van der Waals surface area contributed by atoms with Gasteiger partial charge in [0.25, 0.3) is 5.56 Å². The minimum Gasteiger partial charge on any atom is -0.508 e. The highest BCUT2D eigenvalue weighted by atomic mass is 19.1. The highest BCUT2D eigenvalue weighted by Crippen LogP contribution is 2.43. The molecule has 9 rings (SSSR count). The molecular formula is C34H36F2N6O4. The molecule has 4 saturated heterocycles. The van der Waals surface area contributed by atoms with Crippen molar-refractivity contribution in [3.8, 4) is 23.2 Å². The molecule has 2 aromatic heterocycles. The second kappa shape index (κ2) is 10.2. The summed E-state index contributed by atoms with van der Waals surface area (Å²) in [4.78, 5) is 28.6. The lowest BCUT2D eigenvalue weighted by atomic mass is 9.95. The van der Waals surface area contributed by atoms with Gasteiger partial charge in [0.1, 0.15) is 48.0 Å². The summed E-state index contributed by atoms with van der Waals surface area (Å²) in [5.74, 6) is 0.595. The standard InChI is InChI=1S/C34H36F2N6O4/c1-2-22-23(36)6-4-18-10-21(43)11-25(28(18)22)42-15-27-29-30(32(42)44)38-33(46-17-34-8-3-9-40(34)13-19(35)12-34)39-31(29)41-14-20-5-7-24(37-20)26(41)16-45-27/h4,6,10-11,15,19-20,24,26,37,43H,2-3,5,7-9,12-14,16-17H2,1H3/t19-,20-,24+,26-,34+/m1/s1. The molecule has 0 spiro atoms. The third kappa shape index (κ3) is 4.15. The van der Waals surface area contributed by atoms with E-state index < -0.39 is 17.3 Å². The topological polar surface area (TPSA) is 105 Å². The predicted octanol–water partition coefficient (Wildman–Crippen LogP) is 4.00. The summed E-state index contributed by atoms with van der Waals surface area (Å²) in [7, 11) is 0. The molecule has 0 radical (unpaired) electrons. The number of aromatic nitrogens is 3. The van der Waals surface area contributed by atoms with Crippen molar-refractivity contribution < 1.29 is 23.4 Å². The SMILES string of the molecule is CCc1c(F)ccc2cc(O)cc(-n3cc4c5c(nc(OC[C@@]67CCCN6C[C@H](F)C7)nc5c3=O)N3C[C@H]5CC[C@H](N5)[C@H]3CO4)c12. The fourth-order valence-corrected chi connectivity index (χ4v) is 8.90. The third-order valence-corrected chi connectivity index (χ3v) is 11.0. The van der Waals surface area contributed by atoms with E-state index in [1.807, 2.05) is 6.92 Å². The zero-order chi connectivity index (χ0) is 31.3. The van der Waals surface area contributed by atoms with E-state index in [4.69, 9.17) is 19.4 Å². The number of pyridine rings is 1. The van der Waals surface area contributed by atoms with Gasteiger partial charge in [-0.1, -0.05) is 13.0 Å². The van der Waals surface area contributed by atoms with Crippen molar-refractivity contribution in [3.63, 3.8) is 0 Å². The Morgan fingerprint density at radius 2 is 2.09 bits per heavy atom. The molecule has 0 saturated carbocycles. The Hall–Kier alpha value is -4.03. The zero-order valence-electron chi connectivity index (χ0n) is 25.6. The number of anilines is 1. The number of hydrogen-bond acceptors (Lipinski definition) is 9. The number of aryl methyl sites for hydroxylation is 1. The third-order valence-electron chi connectivity index (χ3n) is 11.0. The Morgan fingerprint density at radius 1 is 1.20 bits per heavy atom. The van der Waals surface area contributed by atoms with Crippen LogP contribution in [-0.4, -0.2) is 87.2 Å². The number of phenols is 1. The fourth-order valence-electron chi connectivity index (χ4n) is 8.90. The average Bonchev–Trinajstić information content (AvgIpc) is 3.68. The van der Waals surface area contributed by atoms with E-state index >= 15 is 4.39 Å². The number of halogens is 2. The number of rotatable bonds is 5. The number of phenolic OH excluding ortho intramolecular Hbond substituents is 1. The van der Waals surface area contributed by atoms with Gasteiger partial charge < -0.3 is 24.8 Å². The van der Waals surface area contributed by atoms with Crippen LogP contribution in [0.4, 0.5) is 14.6 Å². The number of nitrogens with one attached hydrogen (secondary N) is 1. The minimum atomic E-state index is -0.898. The number of alkyl halides is 1. The van der Waals surface area contributed by atoms with Crippen molar-refractivity contribution in [2.75, 3.05) is 37.7 Å². The predicted molar refractivity (Wildman–Crippen MR) is 169 cm³/mol. The zero-order valence-corrected chi connectivity index (χ0v) is 25.6. The minimum absolute atomic E-state index is 0.0194. The van der Waals surface area contributed by atoms with Crippen LogP contribution in [0, 0.1) is 5.82 Å². The van der Waals surface area contributed by atoms with Crippen molar-refractivity contribution in [1.29, 1.82) is 0 Å². The maximum absolute atomic E-state index is 15.1. The molecule has 46 heavy (non-hydrogen) atoms. The summed E-state index contributed by atoms with van der Waals surface area (Å²) in [5, 5.41) is 16.1. The van der Waals surface area contributed by atoms with Crippen molar-refractivity contribution in [3.05, 3.63) is 52.2 Å². The molecule has 2 N–H and O–H groups in total. The van der Waals surface area contributed by atoms with Gasteiger partial charge in [-0.25, -0.2) is 8.78 Å². The second-order valence-electron chi connectivity index (χ2n) is 13.6. The lowest BCUT2D eigenvalue weighted by Crippen LogP contribution is -2.60. The first-order chi connectivity index (χ1) is 22.3. The molecule has 5 atom stereocenters. The van der Waals surface area contributed by atoms with Gasteiger partial charge in [-0.2, -0.15) is 9.97 Å². The van der Waals surface area contributed by atoms with Gasteiger partial charge in [0.15, 0.2) is 0 Å². The summed E-state index contributed by atoms with van der Waals surface area (Å²) in [6.07, 6.45) is 5.40. The Morgan fingerprint density at radius 3 is 2.96 bits per heavy atom. The number of hydrogen-bond donors (Lipinski definition) is 2. The van der Waals surface area contributed by atoms with Gasteiger partial charge >= 0.3 is 6.01 Å². The lowest BCUT2D eigenvalue weighted by molar-refractivity contribution is 0.107. The van der Waals surface area contributed by atoms with E-state index in [1.165, 1.54) is 16.7 Å². The molecule has 0 aliphatic carbocycles. The molecule has 240 valence electrons. The molecule has 4 aromatic rings. The van der Waals surface area contributed by atoms with Gasteiger partial charge in [-0.05, 0) is 61.7 Å². The number of ether oxygens (including phenoxy) is 2. The number of fused-ring (bicyclic) bond motifs is 7. The Balaban J connectivity index is 1.25. The van der Waals surface area contributed by atoms with Gasteiger partial charge in [-0.3, -0.25) is 14.3 Å². The summed E-state index contributed by atoms with van der Waals surface area (Å²) >= 11 is 0. The highest BCUT2D eigenvalue weighted by Gasteiger charge is 2.50. The van der Waals surface area contributed by atoms with Crippen LogP contribution in [0.5, 0.6) is 17.5 Å². The Bertz CT molecular complexity index is 1970. The Kier molecular flexibility index (Phi) is 6.28. The number of benzene rings is 2. The van der Waals surface area contributed by atoms with Crippen LogP contribution in [-0.2, 0) is 6.42 Å². The van der Waals surface area contributed by atoms with Crippen LogP contribution in [0.25, 0.3) is 27.4 Å². The first kappa shape index (κ1) is 28.2. The van der Waals surface area contributed by atoms with Crippen LogP contribution in [0.1, 0.15) is 44.6 Å². The molecule has 2 bridgehead atoms. The molecule has 12 heteroatoms. The van der Waals surface area contributed by atoms with Crippen LogP contribution in [0.2, 0.25) is 0 Å².